The summed E-state index contributed by atoms with van der Waals surface area (Å²) in [5.41, 5.74) is 5.27. The van der Waals surface area contributed by atoms with Crippen molar-refractivity contribution in [1.29, 1.82) is 0 Å². The lowest BCUT2D eigenvalue weighted by Gasteiger charge is -2.41. The number of carbonyl (C=O) groups excluding carboxylic acids is 4. The SMILES string of the molecule is CN[C@H](C)C(=O)N1CCC2(CC1)CCN(C(=O)[C@@H](Cc1cc(C)c3[nH]ncc3c1)NC(=O)N1CCC(N3Cc4ccccc4CC3=O)CC1)C2. The molecule has 4 aliphatic heterocycles. The van der Waals surface area contributed by atoms with Crippen molar-refractivity contribution in [3.8, 4) is 0 Å². The standard InChI is InChI=1S/C38H50N8O4/c1-25-18-27(19-30-22-40-42-34(25)30)20-32(36(49)45-17-12-38(24-45)10-15-43(16-11-38)35(48)26(2)39-3)41-37(50)44-13-8-31(9-14-44)46-23-29-7-5-4-6-28(29)21-33(46)47/h4-7,18-19,22,26,31-32,39H,8-17,20-21,23-24H2,1-3H3,(H,40,42)(H,41,50)/t26-,32-/m1/s1. The van der Waals surface area contributed by atoms with Gasteiger partial charge in [0.25, 0.3) is 0 Å². The average Bonchev–Trinajstić information content (AvgIpc) is 3.78. The van der Waals surface area contributed by atoms with E-state index in [0.29, 0.717) is 71.5 Å². The summed E-state index contributed by atoms with van der Waals surface area (Å²) in [5, 5.41) is 14.4. The van der Waals surface area contributed by atoms with Crippen LogP contribution in [-0.4, -0.2) is 118 Å². The lowest BCUT2D eigenvalue weighted by atomic mass is 9.77. The zero-order valence-electron chi connectivity index (χ0n) is 29.5. The molecule has 1 aromatic heterocycles. The van der Waals surface area contributed by atoms with E-state index in [1.807, 2.05) is 52.8 Å². The maximum Gasteiger partial charge on any atom is 0.318 e. The van der Waals surface area contributed by atoms with Crippen LogP contribution in [0.4, 0.5) is 4.79 Å². The van der Waals surface area contributed by atoms with Crippen LogP contribution in [0.1, 0.15) is 61.3 Å². The van der Waals surface area contributed by atoms with Gasteiger partial charge in [-0.15, -0.1) is 0 Å². The number of piperidine rings is 2. The third-order valence-electron chi connectivity index (χ3n) is 11.8. The van der Waals surface area contributed by atoms with Crippen LogP contribution in [-0.2, 0) is 33.8 Å². The molecule has 266 valence electrons. The third kappa shape index (κ3) is 6.82. The first kappa shape index (κ1) is 34.0. The second-order valence-corrected chi connectivity index (χ2v) is 15.0. The van der Waals surface area contributed by atoms with Crippen LogP contribution in [0.3, 0.4) is 0 Å². The second kappa shape index (κ2) is 14.0. The molecule has 0 radical (unpaired) electrons. The van der Waals surface area contributed by atoms with Crippen molar-refractivity contribution in [2.24, 2.45) is 5.41 Å². The highest BCUT2D eigenvalue weighted by molar-refractivity contribution is 5.88. The van der Waals surface area contributed by atoms with Crippen molar-refractivity contribution in [1.82, 2.24) is 40.4 Å². The van der Waals surface area contributed by atoms with E-state index in [1.54, 1.807) is 18.1 Å². The van der Waals surface area contributed by atoms with Crippen molar-refractivity contribution in [3.63, 3.8) is 0 Å². The number of hydrogen-bond donors (Lipinski definition) is 3. The molecule has 0 unspecified atom stereocenters. The quantitative estimate of drug-likeness (QED) is 0.351. The van der Waals surface area contributed by atoms with Gasteiger partial charge in [-0.25, -0.2) is 4.79 Å². The number of likely N-dealkylation sites (tertiary alicyclic amines) is 3. The molecule has 3 N–H and O–H groups in total. The molecular weight excluding hydrogens is 632 g/mol. The van der Waals surface area contributed by atoms with E-state index in [0.717, 1.165) is 46.9 Å². The third-order valence-corrected chi connectivity index (χ3v) is 11.8. The highest BCUT2D eigenvalue weighted by atomic mass is 16.2. The number of carbonyl (C=O) groups is 4. The molecule has 2 atom stereocenters. The lowest BCUT2D eigenvalue weighted by Crippen LogP contribution is -2.56. The summed E-state index contributed by atoms with van der Waals surface area (Å²) >= 11 is 0. The molecule has 3 saturated heterocycles. The summed E-state index contributed by atoms with van der Waals surface area (Å²) in [5.74, 6) is 0.211. The summed E-state index contributed by atoms with van der Waals surface area (Å²) in [6.07, 6.45) is 6.63. The predicted octanol–water partition coefficient (Wildman–Crippen LogP) is 2.99. The topological polar surface area (TPSA) is 134 Å². The van der Waals surface area contributed by atoms with Crippen LogP contribution in [0.2, 0.25) is 0 Å². The van der Waals surface area contributed by atoms with Gasteiger partial charge in [0.1, 0.15) is 6.04 Å². The van der Waals surface area contributed by atoms with Gasteiger partial charge in [0.05, 0.1) is 24.2 Å². The van der Waals surface area contributed by atoms with Gasteiger partial charge in [0, 0.05) is 63.7 Å². The van der Waals surface area contributed by atoms with E-state index in [9.17, 15) is 19.2 Å². The van der Waals surface area contributed by atoms with Crippen LogP contribution in [0.25, 0.3) is 10.9 Å². The number of aromatic amines is 1. The number of H-pyrrole nitrogens is 1. The summed E-state index contributed by atoms with van der Waals surface area (Å²) in [6.45, 7) is 8.25. The first-order valence-electron chi connectivity index (χ1n) is 18.2. The number of nitrogens with zero attached hydrogens (tertiary/aromatic N) is 5. The first-order valence-corrected chi connectivity index (χ1v) is 18.2. The Balaban J connectivity index is 1.02. The molecule has 50 heavy (non-hydrogen) atoms. The Bertz CT molecular complexity index is 1760. The molecule has 1 spiro atoms. The molecule has 12 heteroatoms. The minimum atomic E-state index is -0.725. The Kier molecular flexibility index (Phi) is 9.56. The normalized spacial score (nSPS) is 20.7. The Morgan fingerprint density at radius 3 is 2.38 bits per heavy atom. The number of aromatic nitrogens is 2. The zero-order chi connectivity index (χ0) is 35.0. The summed E-state index contributed by atoms with van der Waals surface area (Å²) in [4.78, 5) is 61.7. The van der Waals surface area contributed by atoms with Crippen LogP contribution in [0.5, 0.6) is 0 Å². The number of likely N-dealkylation sites (N-methyl/N-ethyl adjacent to an activating group) is 1. The molecule has 5 heterocycles. The number of urea groups is 1. The molecule has 2 aromatic carbocycles. The number of aryl methyl sites for hydroxylation is 1. The number of nitrogens with one attached hydrogen (secondary N) is 3. The Labute approximate surface area is 293 Å². The van der Waals surface area contributed by atoms with Gasteiger partial charge in [-0.3, -0.25) is 19.5 Å². The molecular formula is C38H50N8O4. The average molecular weight is 683 g/mol. The smallest absolute Gasteiger partial charge is 0.318 e. The Morgan fingerprint density at radius 2 is 1.66 bits per heavy atom. The van der Waals surface area contributed by atoms with Crippen molar-refractivity contribution in [2.45, 2.75) is 83.5 Å². The van der Waals surface area contributed by atoms with Gasteiger partial charge in [-0.05, 0) is 86.7 Å². The Hall–Kier alpha value is -4.45. The van der Waals surface area contributed by atoms with Crippen LogP contribution >= 0.6 is 0 Å². The van der Waals surface area contributed by atoms with Gasteiger partial charge in [-0.2, -0.15) is 5.10 Å². The first-order chi connectivity index (χ1) is 24.1. The van der Waals surface area contributed by atoms with Gasteiger partial charge in [-0.1, -0.05) is 30.3 Å². The molecule has 7 rings (SSSR count). The minimum Gasteiger partial charge on any atom is -0.341 e. The molecule has 4 aliphatic rings. The van der Waals surface area contributed by atoms with E-state index < -0.39 is 6.04 Å². The molecule has 0 saturated carbocycles. The highest BCUT2D eigenvalue weighted by Gasteiger charge is 2.44. The number of rotatable bonds is 7. The van der Waals surface area contributed by atoms with Crippen molar-refractivity contribution < 1.29 is 19.2 Å². The maximum absolute atomic E-state index is 14.3. The number of hydrogen-bond acceptors (Lipinski definition) is 6. The van der Waals surface area contributed by atoms with Gasteiger partial charge >= 0.3 is 6.03 Å². The fourth-order valence-corrected chi connectivity index (χ4v) is 8.59. The fraction of sp³-hybridized carbons (Fsp3) is 0.553. The minimum absolute atomic E-state index is 0.00947. The summed E-state index contributed by atoms with van der Waals surface area (Å²) < 4.78 is 0. The monoisotopic (exact) mass is 682 g/mol. The predicted molar refractivity (Wildman–Crippen MR) is 190 cm³/mol. The lowest BCUT2D eigenvalue weighted by molar-refractivity contribution is -0.136. The van der Waals surface area contributed by atoms with Crippen LogP contribution < -0.4 is 10.6 Å². The summed E-state index contributed by atoms with van der Waals surface area (Å²) in [7, 11) is 1.80. The molecule has 12 nitrogen and oxygen atoms in total. The Morgan fingerprint density at radius 1 is 0.960 bits per heavy atom. The fourth-order valence-electron chi connectivity index (χ4n) is 8.59. The van der Waals surface area contributed by atoms with Crippen LogP contribution in [0, 0.1) is 12.3 Å². The highest BCUT2D eigenvalue weighted by Crippen LogP contribution is 2.41. The molecule has 0 aliphatic carbocycles. The van der Waals surface area contributed by atoms with E-state index in [2.05, 4.69) is 33.0 Å². The molecule has 3 aromatic rings. The van der Waals surface area contributed by atoms with Crippen LogP contribution in [0.15, 0.2) is 42.6 Å². The number of fused-ring (bicyclic) bond motifs is 2. The van der Waals surface area contributed by atoms with Gasteiger partial charge < -0.3 is 30.2 Å². The van der Waals surface area contributed by atoms with E-state index in [-0.39, 0.29) is 41.3 Å². The molecule has 5 amide bonds. The maximum atomic E-state index is 14.3. The largest absolute Gasteiger partial charge is 0.341 e. The number of amides is 5. The molecule has 0 bridgehead atoms. The number of benzene rings is 2. The summed E-state index contributed by atoms with van der Waals surface area (Å²) in [6, 6.07) is 11.2. The molecule has 3 fully saturated rings. The van der Waals surface area contributed by atoms with E-state index >= 15 is 0 Å². The van der Waals surface area contributed by atoms with Crippen molar-refractivity contribution in [2.75, 3.05) is 46.3 Å². The van der Waals surface area contributed by atoms with E-state index in [1.165, 1.54) is 5.56 Å². The van der Waals surface area contributed by atoms with E-state index in [4.69, 9.17) is 0 Å². The zero-order valence-corrected chi connectivity index (χ0v) is 29.5. The van der Waals surface area contributed by atoms with Crippen molar-refractivity contribution in [3.05, 3.63) is 64.8 Å². The van der Waals surface area contributed by atoms with Crippen molar-refractivity contribution >= 4 is 34.7 Å². The second-order valence-electron chi connectivity index (χ2n) is 15.0. The van der Waals surface area contributed by atoms with Gasteiger partial charge in [0.2, 0.25) is 17.7 Å². The van der Waals surface area contributed by atoms with Gasteiger partial charge in [0.15, 0.2) is 0 Å².